The monoisotopic (exact) mass is 286 g/mol. The van der Waals surface area contributed by atoms with Gasteiger partial charge in [0.15, 0.2) is 0 Å². The molecule has 1 aromatic rings. The predicted molar refractivity (Wildman–Crippen MR) is 75.4 cm³/mol. The number of benzene rings is 1. The second-order valence-electron chi connectivity index (χ2n) is 4.30. The first-order chi connectivity index (χ1) is 8.56. The Balaban J connectivity index is 2.07. The zero-order chi connectivity index (χ0) is 13.1. The Morgan fingerprint density at radius 1 is 1.44 bits per heavy atom. The Kier molecular flexibility index (Phi) is 4.42. The smallest absolute Gasteiger partial charge is 0.133 e. The highest BCUT2D eigenvalue weighted by atomic mass is 32.2. The molecule has 1 heterocycles. The van der Waals surface area contributed by atoms with E-state index in [2.05, 4.69) is 4.90 Å². The van der Waals surface area contributed by atoms with Crippen LogP contribution in [0.1, 0.15) is 11.1 Å². The number of hydrogen-bond donors (Lipinski definition) is 1. The van der Waals surface area contributed by atoms with Crippen LogP contribution in [0.25, 0.3) is 0 Å². The van der Waals surface area contributed by atoms with Crippen molar-refractivity contribution < 1.29 is 8.60 Å². The molecule has 0 unspecified atom stereocenters. The summed E-state index contributed by atoms with van der Waals surface area (Å²) >= 11 is 4.81. The van der Waals surface area contributed by atoms with E-state index in [1.54, 1.807) is 12.1 Å². The van der Waals surface area contributed by atoms with Gasteiger partial charge in [-0.2, -0.15) is 0 Å². The van der Waals surface area contributed by atoms with E-state index < -0.39 is 10.8 Å². The van der Waals surface area contributed by atoms with Gasteiger partial charge in [-0.1, -0.05) is 18.3 Å². The number of halogens is 1. The lowest BCUT2D eigenvalue weighted by Crippen LogP contribution is -2.37. The molecule has 1 aliphatic rings. The molecule has 2 rings (SSSR count). The third-order valence-electron chi connectivity index (χ3n) is 2.97. The van der Waals surface area contributed by atoms with E-state index in [9.17, 15) is 8.60 Å². The Hall–Kier alpha value is -0.850. The first-order valence-corrected chi connectivity index (χ1v) is 7.61. The minimum absolute atomic E-state index is 0.0779. The van der Waals surface area contributed by atoms with Gasteiger partial charge in [0, 0.05) is 47.5 Å². The lowest BCUT2D eigenvalue weighted by atomic mass is 10.1. The minimum Gasteiger partial charge on any atom is -0.389 e. The molecule has 0 aliphatic carbocycles. The van der Waals surface area contributed by atoms with Crippen LogP contribution in [0, 0.1) is 5.82 Å². The lowest BCUT2D eigenvalue weighted by molar-refractivity contribution is 0.291. The van der Waals surface area contributed by atoms with Crippen molar-refractivity contribution in [2.75, 3.05) is 24.6 Å². The Bertz CT molecular complexity index is 483. The van der Waals surface area contributed by atoms with Crippen LogP contribution in [0.3, 0.4) is 0 Å². The topological polar surface area (TPSA) is 46.3 Å². The van der Waals surface area contributed by atoms with Crippen molar-refractivity contribution in [3.8, 4) is 0 Å². The molecule has 0 spiro atoms. The quantitative estimate of drug-likeness (QED) is 0.843. The average Bonchev–Trinajstić information content (AvgIpc) is 2.34. The van der Waals surface area contributed by atoms with Crippen molar-refractivity contribution in [3.05, 3.63) is 35.1 Å². The van der Waals surface area contributed by atoms with Crippen molar-refractivity contribution in [1.29, 1.82) is 0 Å². The van der Waals surface area contributed by atoms with Crippen LogP contribution < -0.4 is 5.73 Å². The third-order valence-corrected chi connectivity index (χ3v) is 4.47. The molecule has 0 atom stereocenters. The number of thiocarbonyl (C=S) groups is 1. The molecular formula is C12H15FN2OS2. The lowest BCUT2D eigenvalue weighted by Gasteiger charge is -2.26. The summed E-state index contributed by atoms with van der Waals surface area (Å²) in [5, 5.41) is 0. The summed E-state index contributed by atoms with van der Waals surface area (Å²) < 4.78 is 24.7. The Morgan fingerprint density at radius 2 is 2.11 bits per heavy atom. The SMILES string of the molecule is NC(=S)c1cc(CN2CCS(=O)CC2)ccc1F. The first-order valence-electron chi connectivity index (χ1n) is 5.72. The zero-order valence-electron chi connectivity index (χ0n) is 9.89. The molecule has 0 amide bonds. The van der Waals surface area contributed by atoms with Crippen LogP contribution in [-0.4, -0.2) is 38.7 Å². The highest BCUT2D eigenvalue weighted by Crippen LogP contribution is 2.13. The van der Waals surface area contributed by atoms with Gasteiger partial charge in [-0.25, -0.2) is 4.39 Å². The predicted octanol–water partition coefficient (Wildman–Crippen LogP) is 1.02. The fourth-order valence-electron chi connectivity index (χ4n) is 1.95. The van der Waals surface area contributed by atoms with Crippen LogP contribution in [0.2, 0.25) is 0 Å². The molecule has 6 heteroatoms. The number of hydrogen-bond acceptors (Lipinski definition) is 3. The van der Waals surface area contributed by atoms with E-state index in [0.717, 1.165) is 18.7 Å². The zero-order valence-corrected chi connectivity index (χ0v) is 11.5. The van der Waals surface area contributed by atoms with Gasteiger partial charge < -0.3 is 5.73 Å². The van der Waals surface area contributed by atoms with Crippen molar-refractivity contribution in [2.45, 2.75) is 6.54 Å². The van der Waals surface area contributed by atoms with E-state index in [-0.39, 0.29) is 10.8 Å². The molecule has 0 saturated carbocycles. The highest BCUT2D eigenvalue weighted by molar-refractivity contribution is 7.85. The summed E-state index contributed by atoms with van der Waals surface area (Å²) in [5.41, 5.74) is 6.75. The van der Waals surface area contributed by atoms with E-state index >= 15 is 0 Å². The van der Waals surface area contributed by atoms with Gasteiger partial charge in [-0.3, -0.25) is 9.11 Å². The van der Waals surface area contributed by atoms with E-state index in [1.165, 1.54) is 6.07 Å². The van der Waals surface area contributed by atoms with Crippen molar-refractivity contribution in [2.24, 2.45) is 5.73 Å². The average molecular weight is 286 g/mol. The largest absolute Gasteiger partial charge is 0.389 e. The van der Waals surface area contributed by atoms with Gasteiger partial charge in [-0.15, -0.1) is 0 Å². The van der Waals surface area contributed by atoms with E-state index in [4.69, 9.17) is 18.0 Å². The molecule has 1 aromatic carbocycles. The molecule has 0 radical (unpaired) electrons. The summed E-state index contributed by atoms with van der Waals surface area (Å²) in [6, 6.07) is 4.83. The highest BCUT2D eigenvalue weighted by Gasteiger charge is 2.16. The Morgan fingerprint density at radius 3 is 2.72 bits per heavy atom. The molecule has 0 bridgehead atoms. The third kappa shape index (κ3) is 3.34. The molecular weight excluding hydrogens is 271 g/mol. The van der Waals surface area contributed by atoms with Gasteiger partial charge >= 0.3 is 0 Å². The molecule has 18 heavy (non-hydrogen) atoms. The van der Waals surface area contributed by atoms with Crippen LogP contribution in [0.5, 0.6) is 0 Å². The van der Waals surface area contributed by atoms with E-state index in [0.29, 0.717) is 23.6 Å². The normalized spacial score (nSPS) is 17.8. The van der Waals surface area contributed by atoms with Crippen LogP contribution in [0.15, 0.2) is 18.2 Å². The molecule has 1 fully saturated rings. The maximum Gasteiger partial charge on any atom is 0.133 e. The Labute approximate surface area is 114 Å². The standard InChI is InChI=1S/C12H15FN2OS2/c13-11-2-1-9(7-10(11)12(14)17)8-15-3-5-18(16)6-4-15/h1-2,7H,3-6,8H2,(H2,14,17). The minimum atomic E-state index is -0.677. The maximum absolute atomic E-state index is 13.4. The van der Waals surface area contributed by atoms with Gasteiger partial charge in [0.05, 0.1) is 0 Å². The molecule has 0 aromatic heterocycles. The molecule has 1 aliphatic heterocycles. The van der Waals surface area contributed by atoms with Crippen LogP contribution in [-0.2, 0) is 17.3 Å². The van der Waals surface area contributed by atoms with Crippen LogP contribution >= 0.6 is 12.2 Å². The van der Waals surface area contributed by atoms with Crippen molar-refractivity contribution in [3.63, 3.8) is 0 Å². The fourth-order valence-corrected chi connectivity index (χ4v) is 3.24. The fraction of sp³-hybridized carbons (Fsp3) is 0.417. The van der Waals surface area contributed by atoms with Gasteiger partial charge in [-0.05, 0) is 17.7 Å². The van der Waals surface area contributed by atoms with Crippen molar-refractivity contribution in [1.82, 2.24) is 4.90 Å². The number of nitrogens with zero attached hydrogens (tertiary/aromatic N) is 1. The second kappa shape index (κ2) is 5.86. The summed E-state index contributed by atoms with van der Waals surface area (Å²) in [6.45, 7) is 2.34. The first kappa shape index (κ1) is 13.6. The van der Waals surface area contributed by atoms with Gasteiger partial charge in [0.25, 0.3) is 0 Å². The molecule has 98 valence electrons. The summed E-state index contributed by atoms with van der Waals surface area (Å²) in [4.78, 5) is 2.28. The number of rotatable bonds is 3. The number of nitrogens with two attached hydrogens (primary N) is 1. The van der Waals surface area contributed by atoms with Crippen molar-refractivity contribution >= 4 is 28.0 Å². The molecule has 1 saturated heterocycles. The van der Waals surface area contributed by atoms with Gasteiger partial charge in [0.2, 0.25) is 0 Å². The molecule has 3 nitrogen and oxygen atoms in total. The van der Waals surface area contributed by atoms with E-state index in [1.807, 2.05) is 0 Å². The van der Waals surface area contributed by atoms with Gasteiger partial charge in [0.1, 0.15) is 10.8 Å². The summed E-state index contributed by atoms with van der Waals surface area (Å²) in [6.07, 6.45) is 0. The molecule has 2 N–H and O–H groups in total. The summed E-state index contributed by atoms with van der Waals surface area (Å²) in [5.74, 6) is 1.04. The summed E-state index contributed by atoms with van der Waals surface area (Å²) in [7, 11) is -0.677. The van der Waals surface area contributed by atoms with Crippen LogP contribution in [0.4, 0.5) is 4.39 Å². The maximum atomic E-state index is 13.4. The second-order valence-corrected chi connectivity index (χ2v) is 6.44.